The number of ether oxygens (including phenoxy) is 1. The molecule has 0 atom stereocenters. The van der Waals surface area contributed by atoms with E-state index >= 15 is 0 Å². The number of hydrogen-bond donors (Lipinski definition) is 1. The van der Waals surface area contributed by atoms with Crippen LogP contribution in [-0.2, 0) is 27.7 Å². The SMILES string of the molecule is COC(=O)NS(=O)(=O)c1sc(CC(C)C)nc1-c1ccc(Cn2ccnc2C2CC2)cc1. The van der Waals surface area contributed by atoms with Crippen molar-refractivity contribution < 1.29 is 17.9 Å². The Kier molecular flexibility index (Phi) is 6.34. The highest BCUT2D eigenvalue weighted by atomic mass is 32.2. The summed E-state index contributed by atoms with van der Waals surface area (Å²) in [7, 11) is -2.98. The highest BCUT2D eigenvalue weighted by Crippen LogP contribution is 2.39. The van der Waals surface area contributed by atoms with E-state index in [0.717, 1.165) is 29.8 Å². The number of sulfonamides is 1. The van der Waals surface area contributed by atoms with E-state index in [1.54, 1.807) is 0 Å². The highest BCUT2D eigenvalue weighted by Gasteiger charge is 2.29. The van der Waals surface area contributed by atoms with Crippen LogP contribution in [0.4, 0.5) is 4.79 Å². The van der Waals surface area contributed by atoms with Crippen molar-refractivity contribution in [3.8, 4) is 11.3 Å². The van der Waals surface area contributed by atoms with Gasteiger partial charge in [-0.05, 0) is 24.3 Å². The summed E-state index contributed by atoms with van der Waals surface area (Å²) in [5, 5.41) is 0.705. The van der Waals surface area contributed by atoms with Gasteiger partial charge in [0.1, 0.15) is 11.5 Å². The van der Waals surface area contributed by atoms with Gasteiger partial charge in [0.2, 0.25) is 0 Å². The molecule has 1 aliphatic rings. The number of carbonyl (C=O) groups excluding carboxylic acids is 1. The zero-order valence-electron chi connectivity index (χ0n) is 18.2. The molecule has 1 aromatic carbocycles. The second kappa shape index (κ2) is 9.03. The molecule has 1 aliphatic carbocycles. The molecule has 0 unspecified atom stereocenters. The summed E-state index contributed by atoms with van der Waals surface area (Å²) in [6.07, 6.45) is 5.82. The molecule has 2 heterocycles. The number of nitrogens with zero attached hydrogens (tertiary/aromatic N) is 3. The second-order valence-electron chi connectivity index (χ2n) is 8.32. The van der Waals surface area contributed by atoms with Gasteiger partial charge in [0, 0.05) is 36.8 Å². The van der Waals surface area contributed by atoms with E-state index in [2.05, 4.69) is 19.3 Å². The fourth-order valence-electron chi connectivity index (χ4n) is 3.47. The summed E-state index contributed by atoms with van der Waals surface area (Å²) in [6, 6.07) is 7.68. The molecule has 3 aromatic rings. The molecule has 1 fully saturated rings. The first-order valence-corrected chi connectivity index (χ1v) is 12.8. The van der Waals surface area contributed by atoms with Crippen molar-refractivity contribution in [1.29, 1.82) is 0 Å². The van der Waals surface area contributed by atoms with E-state index in [0.29, 0.717) is 41.1 Å². The molecule has 0 spiro atoms. The second-order valence-corrected chi connectivity index (χ2v) is 11.3. The minimum atomic E-state index is -4.11. The van der Waals surface area contributed by atoms with Gasteiger partial charge in [0.05, 0.1) is 12.1 Å². The van der Waals surface area contributed by atoms with Gasteiger partial charge in [-0.1, -0.05) is 38.1 Å². The predicted octanol–water partition coefficient (Wildman–Crippen LogP) is 4.18. The number of imidazole rings is 1. The van der Waals surface area contributed by atoms with Gasteiger partial charge in [0.25, 0.3) is 10.0 Å². The molecule has 10 heteroatoms. The fraction of sp³-hybridized carbons (Fsp3) is 0.409. The Labute approximate surface area is 191 Å². The third-order valence-electron chi connectivity index (χ3n) is 5.14. The number of carbonyl (C=O) groups is 1. The van der Waals surface area contributed by atoms with E-state index < -0.39 is 16.1 Å². The average molecular weight is 475 g/mol. The molecule has 1 amide bonds. The molecule has 1 N–H and O–H groups in total. The molecular weight excluding hydrogens is 448 g/mol. The monoisotopic (exact) mass is 474 g/mol. The number of amides is 1. The summed E-state index contributed by atoms with van der Waals surface area (Å²) in [5.74, 6) is 2.00. The lowest BCUT2D eigenvalue weighted by Gasteiger charge is -2.09. The zero-order chi connectivity index (χ0) is 22.9. The zero-order valence-corrected chi connectivity index (χ0v) is 19.9. The van der Waals surface area contributed by atoms with Gasteiger partial charge in [-0.15, -0.1) is 11.3 Å². The van der Waals surface area contributed by atoms with Crippen molar-refractivity contribution in [3.63, 3.8) is 0 Å². The van der Waals surface area contributed by atoms with Gasteiger partial charge in [-0.3, -0.25) is 0 Å². The normalized spacial score (nSPS) is 14.0. The quantitative estimate of drug-likeness (QED) is 0.525. The Balaban J connectivity index is 1.63. The van der Waals surface area contributed by atoms with Crippen LogP contribution in [0, 0.1) is 5.92 Å². The van der Waals surface area contributed by atoms with E-state index in [9.17, 15) is 13.2 Å². The lowest BCUT2D eigenvalue weighted by molar-refractivity contribution is 0.177. The van der Waals surface area contributed by atoms with Crippen molar-refractivity contribution >= 4 is 27.5 Å². The van der Waals surface area contributed by atoms with Crippen LogP contribution in [0.25, 0.3) is 11.3 Å². The Morgan fingerprint density at radius 3 is 2.62 bits per heavy atom. The number of aromatic nitrogens is 3. The number of thiazole rings is 1. The van der Waals surface area contributed by atoms with Crippen LogP contribution >= 0.6 is 11.3 Å². The van der Waals surface area contributed by atoms with E-state index in [1.807, 2.05) is 55.2 Å². The number of methoxy groups -OCH3 is 1. The van der Waals surface area contributed by atoms with Crippen LogP contribution < -0.4 is 4.72 Å². The molecule has 170 valence electrons. The first kappa shape index (κ1) is 22.5. The molecule has 8 nitrogen and oxygen atoms in total. The summed E-state index contributed by atoms with van der Waals surface area (Å²) in [6.45, 7) is 4.79. The maximum absolute atomic E-state index is 12.8. The topological polar surface area (TPSA) is 103 Å². The van der Waals surface area contributed by atoms with Crippen molar-refractivity contribution in [1.82, 2.24) is 19.3 Å². The average Bonchev–Trinajstić information content (AvgIpc) is 3.33. The van der Waals surface area contributed by atoms with Gasteiger partial charge in [0.15, 0.2) is 4.21 Å². The maximum Gasteiger partial charge on any atom is 0.420 e. The third-order valence-corrected chi connectivity index (χ3v) is 8.04. The van der Waals surface area contributed by atoms with Crippen LogP contribution in [0.15, 0.2) is 40.9 Å². The predicted molar refractivity (Wildman–Crippen MR) is 122 cm³/mol. The van der Waals surface area contributed by atoms with Crippen molar-refractivity contribution in [2.75, 3.05) is 7.11 Å². The van der Waals surface area contributed by atoms with Gasteiger partial charge < -0.3 is 9.30 Å². The first-order valence-electron chi connectivity index (χ1n) is 10.5. The number of benzene rings is 1. The smallest absolute Gasteiger partial charge is 0.420 e. The lowest BCUT2D eigenvalue weighted by atomic mass is 10.1. The van der Waals surface area contributed by atoms with E-state index in [1.165, 1.54) is 12.8 Å². The molecule has 0 radical (unpaired) electrons. The standard InChI is InChI=1S/C22H26N4O4S2/c1-14(2)12-18-24-19(21(31-18)32(28,29)25-22(27)30-3)16-6-4-15(5-7-16)13-26-11-10-23-20(26)17-8-9-17/h4-7,10-11,14,17H,8-9,12-13H2,1-3H3,(H,25,27). The van der Waals surface area contributed by atoms with E-state index in [4.69, 9.17) is 0 Å². The van der Waals surface area contributed by atoms with Crippen LogP contribution in [0.5, 0.6) is 0 Å². The number of rotatable bonds is 8. The van der Waals surface area contributed by atoms with Crippen LogP contribution in [0.2, 0.25) is 0 Å². The number of hydrogen-bond acceptors (Lipinski definition) is 7. The lowest BCUT2D eigenvalue weighted by Crippen LogP contribution is -2.30. The Bertz CT molecular complexity index is 1210. The molecule has 0 aliphatic heterocycles. The largest absolute Gasteiger partial charge is 0.452 e. The molecule has 0 bridgehead atoms. The summed E-state index contributed by atoms with van der Waals surface area (Å²) < 4.78 is 34.2. The van der Waals surface area contributed by atoms with Crippen LogP contribution in [-0.4, -0.2) is 36.2 Å². The number of nitrogens with one attached hydrogen (secondary N) is 1. The molecular formula is C22H26N4O4S2. The van der Waals surface area contributed by atoms with E-state index in [-0.39, 0.29) is 4.21 Å². The summed E-state index contributed by atoms with van der Waals surface area (Å²) in [4.78, 5) is 20.7. The van der Waals surface area contributed by atoms with Crippen LogP contribution in [0.1, 0.15) is 49.0 Å². The summed E-state index contributed by atoms with van der Waals surface area (Å²) >= 11 is 1.08. The summed E-state index contributed by atoms with van der Waals surface area (Å²) in [5.41, 5.74) is 2.11. The molecule has 2 aromatic heterocycles. The molecule has 32 heavy (non-hydrogen) atoms. The van der Waals surface area contributed by atoms with Crippen molar-refractivity contribution in [2.45, 2.75) is 49.8 Å². The Hall–Kier alpha value is -2.72. The molecule has 1 saturated carbocycles. The minimum Gasteiger partial charge on any atom is -0.452 e. The molecule has 4 rings (SSSR count). The Morgan fingerprint density at radius 1 is 1.28 bits per heavy atom. The highest BCUT2D eigenvalue weighted by molar-refractivity contribution is 7.92. The van der Waals surface area contributed by atoms with Crippen LogP contribution in [0.3, 0.4) is 0 Å². The van der Waals surface area contributed by atoms with Crippen molar-refractivity contribution in [2.24, 2.45) is 5.92 Å². The van der Waals surface area contributed by atoms with Crippen molar-refractivity contribution in [3.05, 3.63) is 53.1 Å². The molecule has 0 saturated heterocycles. The minimum absolute atomic E-state index is 0.0110. The maximum atomic E-state index is 12.8. The first-order chi connectivity index (χ1) is 15.3. The van der Waals surface area contributed by atoms with Gasteiger partial charge in [-0.25, -0.2) is 27.9 Å². The fourth-order valence-corrected chi connectivity index (χ4v) is 6.16. The van der Waals surface area contributed by atoms with Gasteiger partial charge >= 0.3 is 6.09 Å². The third kappa shape index (κ3) is 5.02. The Morgan fingerprint density at radius 2 is 2.00 bits per heavy atom. The van der Waals surface area contributed by atoms with Gasteiger partial charge in [-0.2, -0.15) is 0 Å².